The predicted molar refractivity (Wildman–Crippen MR) is 106 cm³/mol. The van der Waals surface area contributed by atoms with Crippen LogP contribution < -0.4 is 22.3 Å². The Kier molecular flexibility index (Phi) is 5.25. The fraction of sp³-hybridized carbons (Fsp3) is 0.105. The summed E-state index contributed by atoms with van der Waals surface area (Å²) in [6.45, 7) is 1.85. The van der Waals surface area contributed by atoms with Crippen molar-refractivity contribution in [3.63, 3.8) is 0 Å². The van der Waals surface area contributed by atoms with Crippen LogP contribution in [0.15, 0.2) is 58.8 Å². The van der Waals surface area contributed by atoms with Gasteiger partial charge in [0.25, 0.3) is 0 Å². The third-order valence-corrected chi connectivity index (χ3v) is 4.26. The molecule has 3 aromatic rings. The second kappa shape index (κ2) is 7.61. The minimum absolute atomic E-state index is 0.0475. The van der Waals surface area contributed by atoms with E-state index in [0.29, 0.717) is 27.5 Å². The summed E-state index contributed by atoms with van der Waals surface area (Å²) >= 11 is 6.26. The third kappa shape index (κ3) is 3.55. The Morgan fingerprint density at radius 2 is 2.00 bits per heavy atom. The van der Waals surface area contributed by atoms with Crippen LogP contribution >= 0.6 is 11.6 Å². The molecular weight excluding hydrogens is 368 g/mol. The molecule has 0 radical (unpaired) electrons. The molecule has 0 atom stereocenters. The van der Waals surface area contributed by atoms with Crippen molar-refractivity contribution < 1.29 is 13.9 Å². The first kappa shape index (κ1) is 18.6. The summed E-state index contributed by atoms with van der Waals surface area (Å²) < 4.78 is 10.5. The zero-order valence-electron chi connectivity index (χ0n) is 14.6. The number of carbonyl (C=O) groups excluding carboxylic acids is 1. The number of esters is 1. The van der Waals surface area contributed by atoms with E-state index in [2.05, 4.69) is 0 Å². The van der Waals surface area contributed by atoms with Gasteiger partial charge < -0.3 is 20.6 Å². The van der Waals surface area contributed by atoms with Gasteiger partial charge in [0, 0.05) is 10.9 Å². The lowest BCUT2D eigenvalue weighted by Crippen LogP contribution is -2.37. The van der Waals surface area contributed by atoms with Crippen molar-refractivity contribution in [2.24, 2.45) is 11.6 Å². The predicted octanol–water partition coefficient (Wildman–Crippen LogP) is 3.24. The highest BCUT2D eigenvalue weighted by molar-refractivity contribution is 6.35. The number of nitrogens with two attached hydrogens (primary N) is 3. The van der Waals surface area contributed by atoms with Gasteiger partial charge in [-0.05, 0) is 37.3 Å². The monoisotopic (exact) mass is 386 g/mol. The fourth-order valence-corrected chi connectivity index (χ4v) is 2.97. The number of hydrogen-bond acceptors (Lipinski definition) is 7. The van der Waals surface area contributed by atoms with Gasteiger partial charge in [-0.2, -0.15) is 0 Å². The average Bonchev–Trinajstić information content (AvgIpc) is 3.11. The lowest BCUT2D eigenvalue weighted by atomic mass is 10.1. The number of furan rings is 1. The van der Waals surface area contributed by atoms with Gasteiger partial charge in [-0.1, -0.05) is 23.7 Å². The molecule has 0 aliphatic rings. The van der Waals surface area contributed by atoms with Crippen molar-refractivity contribution in [2.75, 3.05) is 17.3 Å². The SMILES string of the molecule is CCOC(=O)/C(=C(\N)c1cc(Cl)c2occc2c1)N(N)c1ccccc1N. The topological polar surface area (TPSA) is 121 Å². The molecular formula is C19H19ClN4O3. The Bertz CT molecular complexity index is 1030. The minimum Gasteiger partial charge on any atom is -0.463 e. The number of hydrazine groups is 1. The number of nitrogens with zero attached hydrogens (tertiary/aromatic N) is 1. The van der Waals surface area contributed by atoms with Crippen LogP contribution in [0.1, 0.15) is 12.5 Å². The molecule has 0 amide bonds. The zero-order valence-corrected chi connectivity index (χ0v) is 15.4. The molecule has 0 unspecified atom stereocenters. The van der Waals surface area contributed by atoms with Crippen molar-refractivity contribution >= 4 is 45.6 Å². The van der Waals surface area contributed by atoms with E-state index in [4.69, 9.17) is 38.1 Å². The molecule has 3 rings (SSSR count). The summed E-state index contributed by atoms with van der Waals surface area (Å²) in [6.07, 6.45) is 1.52. The molecule has 0 aliphatic heterocycles. The van der Waals surface area contributed by atoms with E-state index >= 15 is 0 Å². The van der Waals surface area contributed by atoms with Gasteiger partial charge in [-0.15, -0.1) is 0 Å². The van der Waals surface area contributed by atoms with Crippen LogP contribution in [-0.2, 0) is 9.53 Å². The van der Waals surface area contributed by atoms with Crippen LogP contribution in [0.2, 0.25) is 5.02 Å². The van der Waals surface area contributed by atoms with Crippen molar-refractivity contribution in [1.82, 2.24) is 0 Å². The van der Waals surface area contributed by atoms with Crippen molar-refractivity contribution in [1.29, 1.82) is 0 Å². The molecule has 0 saturated carbocycles. The van der Waals surface area contributed by atoms with Gasteiger partial charge in [0.1, 0.15) is 0 Å². The maximum Gasteiger partial charge on any atom is 0.358 e. The lowest BCUT2D eigenvalue weighted by molar-refractivity contribution is -0.138. The van der Waals surface area contributed by atoms with Crippen LogP contribution in [-0.4, -0.2) is 12.6 Å². The number of fused-ring (bicyclic) bond motifs is 1. The number of halogens is 1. The normalized spacial score (nSPS) is 12.0. The Morgan fingerprint density at radius 3 is 2.70 bits per heavy atom. The summed E-state index contributed by atoms with van der Waals surface area (Å²) in [5, 5.41) is 2.23. The summed E-state index contributed by atoms with van der Waals surface area (Å²) in [5.41, 5.74) is 14.2. The first-order chi connectivity index (χ1) is 12.9. The van der Waals surface area contributed by atoms with Crippen molar-refractivity contribution in [2.45, 2.75) is 6.92 Å². The standard InChI is InChI=1S/C19H19ClN4O3/c1-2-26-19(25)17(24(23)15-6-4-3-5-14(15)21)16(22)12-9-11-7-8-27-18(11)13(20)10-12/h3-10H,2,21-23H2,1H3/b17-16+. The molecule has 0 bridgehead atoms. The quantitative estimate of drug-likeness (QED) is 0.202. The average molecular weight is 387 g/mol. The molecule has 0 spiro atoms. The fourth-order valence-electron chi connectivity index (χ4n) is 2.70. The molecule has 0 fully saturated rings. The first-order valence-corrected chi connectivity index (χ1v) is 8.55. The number of para-hydroxylation sites is 2. The van der Waals surface area contributed by atoms with E-state index in [-0.39, 0.29) is 18.0 Å². The van der Waals surface area contributed by atoms with Crippen molar-refractivity contribution in [3.05, 3.63) is 65.0 Å². The Balaban J connectivity index is 2.18. The van der Waals surface area contributed by atoms with Gasteiger partial charge in [-0.25, -0.2) is 10.6 Å². The summed E-state index contributed by atoms with van der Waals surface area (Å²) in [7, 11) is 0. The molecule has 27 heavy (non-hydrogen) atoms. The van der Waals surface area contributed by atoms with Crippen molar-refractivity contribution in [3.8, 4) is 0 Å². The molecule has 2 aromatic carbocycles. The van der Waals surface area contributed by atoms with Crippen LogP contribution in [0.5, 0.6) is 0 Å². The third-order valence-electron chi connectivity index (χ3n) is 3.98. The van der Waals surface area contributed by atoms with E-state index < -0.39 is 5.97 Å². The number of carbonyl (C=O) groups is 1. The van der Waals surface area contributed by atoms with Crippen LogP contribution in [0, 0.1) is 0 Å². The van der Waals surface area contributed by atoms with Gasteiger partial charge in [-0.3, -0.25) is 5.01 Å². The Labute approximate surface area is 160 Å². The van der Waals surface area contributed by atoms with Gasteiger partial charge >= 0.3 is 5.97 Å². The second-order valence-electron chi connectivity index (χ2n) is 5.71. The summed E-state index contributed by atoms with van der Waals surface area (Å²) in [5.74, 6) is 5.53. The molecule has 140 valence electrons. The Morgan fingerprint density at radius 1 is 1.26 bits per heavy atom. The molecule has 6 N–H and O–H groups in total. The molecule has 0 saturated heterocycles. The Hall–Kier alpha value is -3.16. The number of anilines is 2. The molecule has 1 aromatic heterocycles. The number of benzene rings is 2. The van der Waals surface area contributed by atoms with E-state index in [1.165, 1.54) is 6.26 Å². The largest absolute Gasteiger partial charge is 0.463 e. The summed E-state index contributed by atoms with van der Waals surface area (Å²) in [6, 6.07) is 12.0. The highest BCUT2D eigenvalue weighted by Gasteiger charge is 2.24. The number of nitrogen functional groups attached to an aromatic ring is 1. The second-order valence-corrected chi connectivity index (χ2v) is 6.12. The zero-order chi connectivity index (χ0) is 19.6. The van der Waals surface area contributed by atoms with E-state index in [1.807, 2.05) is 0 Å². The van der Waals surface area contributed by atoms with Crippen LogP contribution in [0.25, 0.3) is 16.7 Å². The van der Waals surface area contributed by atoms with E-state index in [1.54, 1.807) is 49.4 Å². The molecule has 1 heterocycles. The first-order valence-electron chi connectivity index (χ1n) is 8.17. The molecule has 7 nitrogen and oxygen atoms in total. The van der Waals surface area contributed by atoms with Gasteiger partial charge in [0.2, 0.25) is 0 Å². The highest BCUT2D eigenvalue weighted by Crippen LogP contribution is 2.31. The van der Waals surface area contributed by atoms with E-state index in [0.717, 1.165) is 10.4 Å². The maximum atomic E-state index is 12.6. The van der Waals surface area contributed by atoms with E-state index in [9.17, 15) is 4.79 Å². The lowest BCUT2D eigenvalue weighted by Gasteiger charge is -2.24. The minimum atomic E-state index is -0.677. The number of ether oxygens (including phenoxy) is 1. The number of rotatable bonds is 5. The van der Waals surface area contributed by atoms with Crippen LogP contribution in [0.4, 0.5) is 11.4 Å². The summed E-state index contributed by atoms with van der Waals surface area (Å²) in [4.78, 5) is 12.6. The molecule has 0 aliphatic carbocycles. The molecule has 8 heteroatoms. The highest BCUT2D eigenvalue weighted by atomic mass is 35.5. The maximum absolute atomic E-state index is 12.6. The smallest absolute Gasteiger partial charge is 0.358 e. The van der Waals surface area contributed by atoms with Gasteiger partial charge in [0.05, 0.1) is 35.0 Å². The van der Waals surface area contributed by atoms with Gasteiger partial charge in [0.15, 0.2) is 11.3 Å². The number of hydrogen-bond donors (Lipinski definition) is 3. The van der Waals surface area contributed by atoms with Crippen LogP contribution in [0.3, 0.4) is 0 Å².